The van der Waals surface area contributed by atoms with Gasteiger partial charge in [-0.15, -0.1) is 0 Å². The lowest BCUT2D eigenvalue weighted by molar-refractivity contribution is -0.131. The lowest BCUT2D eigenvalue weighted by atomic mass is 10.1. The summed E-state index contributed by atoms with van der Waals surface area (Å²) in [7, 11) is 1.55. The topological polar surface area (TPSA) is 49.9 Å². The van der Waals surface area contributed by atoms with Crippen LogP contribution in [0, 0.1) is 12.7 Å². The Hall–Kier alpha value is -2.89. The van der Waals surface area contributed by atoms with Gasteiger partial charge in [0.1, 0.15) is 11.6 Å². The second-order valence-corrected chi connectivity index (χ2v) is 6.68. The number of benzene rings is 2. The molecule has 6 heteroatoms. The van der Waals surface area contributed by atoms with Crippen LogP contribution in [0.15, 0.2) is 42.5 Å². The first-order valence-electron chi connectivity index (χ1n) is 8.94. The molecule has 27 heavy (non-hydrogen) atoms. The first kappa shape index (κ1) is 18.9. The van der Waals surface area contributed by atoms with E-state index in [2.05, 4.69) is 0 Å². The van der Waals surface area contributed by atoms with Crippen LogP contribution in [0.2, 0.25) is 0 Å². The molecule has 0 radical (unpaired) electrons. The lowest BCUT2D eigenvalue weighted by Gasteiger charge is -2.35. The van der Waals surface area contributed by atoms with Gasteiger partial charge in [0.25, 0.3) is 5.91 Å². The summed E-state index contributed by atoms with van der Waals surface area (Å²) in [5, 5.41) is 0. The number of aryl methyl sites for hydroxylation is 1. The molecule has 2 aromatic rings. The Morgan fingerprint density at radius 3 is 2.41 bits per heavy atom. The maximum atomic E-state index is 13.3. The van der Waals surface area contributed by atoms with E-state index in [1.807, 2.05) is 19.1 Å². The van der Waals surface area contributed by atoms with E-state index in [1.54, 1.807) is 35.1 Å². The molecule has 1 aliphatic rings. The highest BCUT2D eigenvalue weighted by atomic mass is 19.1. The maximum absolute atomic E-state index is 13.3. The smallest absolute Gasteiger partial charge is 0.257 e. The Bertz CT molecular complexity index is 845. The van der Waals surface area contributed by atoms with Gasteiger partial charge in [0.2, 0.25) is 5.91 Å². The number of hydrogen-bond acceptors (Lipinski definition) is 3. The molecular weight excluding hydrogens is 347 g/mol. The highest BCUT2D eigenvalue weighted by molar-refractivity contribution is 5.97. The van der Waals surface area contributed by atoms with Crippen molar-refractivity contribution in [2.24, 2.45) is 0 Å². The predicted octanol–water partition coefficient (Wildman–Crippen LogP) is 2.67. The van der Waals surface area contributed by atoms with Crippen LogP contribution in [0.4, 0.5) is 4.39 Å². The fraction of sp³-hybridized carbons (Fsp3) is 0.333. The zero-order chi connectivity index (χ0) is 19.4. The van der Waals surface area contributed by atoms with Crippen molar-refractivity contribution < 1.29 is 18.7 Å². The first-order valence-corrected chi connectivity index (χ1v) is 8.94. The summed E-state index contributed by atoms with van der Waals surface area (Å²) in [4.78, 5) is 28.8. The van der Waals surface area contributed by atoms with E-state index >= 15 is 0 Å². The molecule has 1 saturated heterocycles. The molecule has 2 amide bonds. The molecule has 1 heterocycles. The molecule has 2 aromatic carbocycles. The third-order valence-electron chi connectivity index (χ3n) is 4.75. The number of carbonyl (C=O) groups excluding carboxylic acids is 2. The van der Waals surface area contributed by atoms with Crippen molar-refractivity contribution in [3.8, 4) is 5.75 Å². The molecule has 0 atom stereocenters. The van der Waals surface area contributed by atoms with Crippen LogP contribution in [0.25, 0.3) is 0 Å². The fourth-order valence-electron chi connectivity index (χ4n) is 3.25. The number of piperazine rings is 1. The van der Waals surface area contributed by atoms with E-state index in [0.717, 1.165) is 5.56 Å². The molecule has 0 aromatic heterocycles. The number of halogens is 1. The SMILES string of the molecule is COc1ccc(C)cc1C(=O)N1CCN(C(=O)Cc2cccc(F)c2)CC1. The van der Waals surface area contributed by atoms with E-state index in [-0.39, 0.29) is 24.1 Å². The van der Waals surface area contributed by atoms with Crippen molar-refractivity contribution in [3.05, 3.63) is 65.0 Å². The number of nitrogens with zero attached hydrogens (tertiary/aromatic N) is 2. The van der Waals surface area contributed by atoms with Gasteiger partial charge in [-0.05, 0) is 36.8 Å². The Kier molecular flexibility index (Phi) is 5.74. The highest BCUT2D eigenvalue weighted by Gasteiger charge is 2.26. The summed E-state index contributed by atoms with van der Waals surface area (Å²) >= 11 is 0. The van der Waals surface area contributed by atoms with Crippen molar-refractivity contribution in [1.29, 1.82) is 0 Å². The average Bonchev–Trinajstić information content (AvgIpc) is 2.67. The quantitative estimate of drug-likeness (QED) is 0.831. The molecule has 0 saturated carbocycles. The third-order valence-corrected chi connectivity index (χ3v) is 4.75. The van der Waals surface area contributed by atoms with Crippen molar-refractivity contribution in [3.63, 3.8) is 0 Å². The summed E-state index contributed by atoms with van der Waals surface area (Å²) in [6, 6.07) is 11.6. The van der Waals surface area contributed by atoms with Crippen LogP contribution in [0.1, 0.15) is 21.5 Å². The minimum atomic E-state index is -0.345. The first-order chi connectivity index (χ1) is 13.0. The number of rotatable bonds is 4. The summed E-state index contributed by atoms with van der Waals surface area (Å²) in [5.41, 5.74) is 2.18. The van der Waals surface area contributed by atoms with Gasteiger partial charge in [-0.1, -0.05) is 23.8 Å². The molecule has 0 aliphatic carbocycles. The third kappa shape index (κ3) is 4.45. The molecule has 0 unspecified atom stereocenters. The predicted molar refractivity (Wildman–Crippen MR) is 100 cm³/mol. The number of hydrogen-bond donors (Lipinski definition) is 0. The minimum Gasteiger partial charge on any atom is -0.496 e. The van der Waals surface area contributed by atoms with Gasteiger partial charge in [0, 0.05) is 26.2 Å². The highest BCUT2D eigenvalue weighted by Crippen LogP contribution is 2.22. The van der Waals surface area contributed by atoms with Crippen molar-refractivity contribution in [1.82, 2.24) is 9.80 Å². The summed E-state index contributed by atoms with van der Waals surface area (Å²) in [6.45, 7) is 3.79. The molecule has 142 valence electrons. The van der Waals surface area contributed by atoms with Crippen molar-refractivity contribution in [2.75, 3.05) is 33.3 Å². The van der Waals surface area contributed by atoms with Crippen LogP contribution in [0.5, 0.6) is 5.75 Å². The van der Waals surface area contributed by atoms with Crippen LogP contribution in [-0.2, 0) is 11.2 Å². The Labute approximate surface area is 158 Å². The van der Waals surface area contributed by atoms with E-state index in [9.17, 15) is 14.0 Å². The van der Waals surface area contributed by atoms with Gasteiger partial charge in [-0.2, -0.15) is 0 Å². The Balaban J connectivity index is 1.61. The Morgan fingerprint density at radius 2 is 1.74 bits per heavy atom. The zero-order valence-electron chi connectivity index (χ0n) is 15.6. The molecule has 1 fully saturated rings. The monoisotopic (exact) mass is 370 g/mol. The van der Waals surface area contributed by atoms with Crippen LogP contribution >= 0.6 is 0 Å². The Morgan fingerprint density at radius 1 is 1.04 bits per heavy atom. The second-order valence-electron chi connectivity index (χ2n) is 6.68. The maximum Gasteiger partial charge on any atom is 0.257 e. The van der Waals surface area contributed by atoms with E-state index in [0.29, 0.717) is 43.1 Å². The van der Waals surface area contributed by atoms with Gasteiger partial charge in [0.05, 0.1) is 19.1 Å². The van der Waals surface area contributed by atoms with Crippen molar-refractivity contribution >= 4 is 11.8 Å². The molecule has 1 aliphatic heterocycles. The summed E-state index contributed by atoms with van der Waals surface area (Å²) in [5.74, 6) is 0.0617. The normalized spacial score (nSPS) is 14.2. The van der Waals surface area contributed by atoms with Crippen LogP contribution in [-0.4, -0.2) is 54.9 Å². The van der Waals surface area contributed by atoms with E-state index < -0.39 is 0 Å². The zero-order valence-corrected chi connectivity index (χ0v) is 15.6. The molecule has 3 rings (SSSR count). The van der Waals surface area contributed by atoms with E-state index in [4.69, 9.17) is 4.74 Å². The summed E-state index contributed by atoms with van der Waals surface area (Å²) < 4.78 is 18.6. The second kappa shape index (κ2) is 8.20. The van der Waals surface area contributed by atoms with Crippen molar-refractivity contribution in [2.45, 2.75) is 13.3 Å². The molecule has 5 nitrogen and oxygen atoms in total. The number of carbonyl (C=O) groups is 2. The number of ether oxygens (including phenoxy) is 1. The van der Waals surface area contributed by atoms with Crippen LogP contribution < -0.4 is 4.74 Å². The van der Waals surface area contributed by atoms with E-state index in [1.165, 1.54) is 12.1 Å². The molecule has 0 spiro atoms. The number of amides is 2. The lowest BCUT2D eigenvalue weighted by Crippen LogP contribution is -2.51. The minimum absolute atomic E-state index is 0.0548. The van der Waals surface area contributed by atoms with Gasteiger partial charge in [0.15, 0.2) is 0 Å². The average molecular weight is 370 g/mol. The molecule has 0 N–H and O–H groups in total. The fourth-order valence-corrected chi connectivity index (χ4v) is 3.25. The van der Waals surface area contributed by atoms with Gasteiger partial charge >= 0.3 is 0 Å². The van der Waals surface area contributed by atoms with Gasteiger partial charge < -0.3 is 14.5 Å². The van der Waals surface area contributed by atoms with Gasteiger partial charge in [-0.25, -0.2) is 4.39 Å². The van der Waals surface area contributed by atoms with Crippen LogP contribution in [0.3, 0.4) is 0 Å². The molecule has 0 bridgehead atoms. The summed E-state index contributed by atoms with van der Waals surface area (Å²) in [6.07, 6.45) is 0.164. The number of methoxy groups -OCH3 is 1. The molecular formula is C21H23FN2O3. The largest absolute Gasteiger partial charge is 0.496 e. The van der Waals surface area contributed by atoms with Gasteiger partial charge in [-0.3, -0.25) is 9.59 Å². The standard InChI is InChI=1S/C21H23FN2O3/c1-15-6-7-19(27-2)18(12-15)21(26)24-10-8-23(9-11-24)20(25)14-16-4-3-5-17(22)13-16/h3-7,12-13H,8-11,14H2,1-2H3.